The predicted molar refractivity (Wildman–Crippen MR) is 104 cm³/mol. The van der Waals surface area contributed by atoms with Crippen molar-refractivity contribution in [1.29, 1.82) is 0 Å². The minimum atomic E-state index is -0.776. The van der Waals surface area contributed by atoms with Crippen molar-refractivity contribution < 1.29 is 19.2 Å². The highest BCUT2D eigenvalue weighted by atomic mass is 16.6. The first-order valence-corrected chi connectivity index (χ1v) is 8.64. The van der Waals surface area contributed by atoms with Gasteiger partial charge in [-0.3, -0.25) is 14.9 Å². The summed E-state index contributed by atoms with van der Waals surface area (Å²) in [5.74, 6) is -1.48. The van der Waals surface area contributed by atoms with Gasteiger partial charge in [-0.15, -0.1) is 0 Å². The second kappa shape index (κ2) is 8.75. The number of carbonyl (C=O) groups excluding carboxylic acids is 2. The van der Waals surface area contributed by atoms with Crippen molar-refractivity contribution >= 4 is 17.6 Å². The maximum atomic E-state index is 12.7. The summed E-state index contributed by atoms with van der Waals surface area (Å²) in [7, 11) is 1.16. The molecule has 29 heavy (non-hydrogen) atoms. The van der Waals surface area contributed by atoms with Gasteiger partial charge < -0.3 is 9.30 Å². The molecule has 0 N–H and O–H groups in total. The third-order valence-corrected chi connectivity index (χ3v) is 4.13. The molecule has 8 nitrogen and oxygen atoms in total. The summed E-state index contributed by atoms with van der Waals surface area (Å²) in [6, 6.07) is 18.2. The third kappa shape index (κ3) is 4.81. The molecule has 2 aromatic carbocycles. The van der Waals surface area contributed by atoms with Gasteiger partial charge in [0.05, 0.1) is 17.6 Å². The lowest BCUT2D eigenvalue weighted by Crippen LogP contribution is -2.22. The van der Waals surface area contributed by atoms with Gasteiger partial charge in [0.15, 0.2) is 0 Å². The van der Waals surface area contributed by atoms with Crippen LogP contribution in [0.3, 0.4) is 0 Å². The van der Waals surface area contributed by atoms with E-state index in [1.54, 1.807) is 22.9 Å². The lowest BCUT2D eigenvalue weighted by Gasteiger charge is -2.07. The van der Waals surface area contributed by atoms with Crippen molar-refractivity contribution in [3.63, 3.8) is 0 Å². The minimum absolute atomic E-state index is 0.0743. The summed E-state index contributed by atoms with van der Waals surface area (Å²) in [6.07, 6.45) is 1.78. The van der Waals surface area contributed by atoms with Crippen LogP contribution in [0.15, 0.2) is 77.9 Å². The summed E-state index contributed by atoms with van der Waals surface area (Å²) in [6.45, 7) is 0.496. The fourth-order valence-corrected chi connectivity index (χ4v) is 2.73. The van der Waals surface area contributed by atoms with Crippen LogP contribution in [0.25, 0.3) is 0 Å². The smallest absolute Gasteiger partial charge is 0.338 e. The van der Waals surface area contributed by atoms with E-state index in [9.17, 15) is 19.7 Å². The van der Waals surface area contributed by atoms with Gasteiger partial charge in [0, 0.05) is 30.4 Å². The number of amides is 1. The maximum Gasteiger partial charge on any atom is 0.338 e. The molecule has 0 radical (unpaired) electrons. The molecule has 1 amide bonds. The van der Waals surface area contributed by atoms with E-state index in [0.717, 1.165) is 24.8 Å². The normalized spacial score (nSPS) is 11.1. The first-order valence-electron chi connectivity index (χ1n) is 8.64. The van der Waals surface area contributed by atoms with Crippen molar-refractivity contribution in [2.45, 2.75) is 6.54 Å². The van der Waals surface area contributed by atoms with E-state index >= 15 is 0 Å². The van der Waals surface area contributed by atoms with Crippen LogP contribution in [0.2, 0.25) is 0 Å². The Balaban J connectivity index is 2.02. The Morgan fingerprint density at radius 1 is 1.03 bits per heavy atom. The van der Waals surface area contributed by atoms with Crippen LogP contribution < -0.4 is 5.49 Å². The number of nitro groups is 1. The zero-order valence-electron chi connectivity index (χ0n) is 15.5. The fourth-order valence-electron chi connectivity index (χ4n) is 2.73. The first kappa shape index (κ1) is 19.7. The van der Waals surface area contributed by atoms with Crippen LogP contribution >= 0.6 is 0 Å². The average Bonchev–Trinajstić information content (AvgIpc) is 2.74. The SMILES string of the molecule is COC(=O)c1cc(C(=O)N=c2ccccn2Cc2ccccc2)cc([N+](=O)[O-])c1. The monoisotopic (exact) mass is 391 g/mol. The second-order valence-corrected chi connectivity index (χ2v) is 6.11. The Labute approximate surface area is 165 Å². The molecule has 8 heteroatoms. The second-order valence-electron chi connectivity index (χ2n) is 6.11. The Morgan fingerprint density at radius 2 is 1.72 bits per heavy atom. The van der Waals surface area contributed by atoms with Crippen molar-refractivity contribution in [3.05, 3.63) is 105 Å². The molecule has 0 aliphatic rings. The summed E-state index contributed by atoms with van der Waals surface area (Å²) in [5, 5.41) is 11.2. The van der Waals surface area contributed by atoms with Crippen molar-refractivity contribution in [2.24, 2.45) is 4.99 Å². The lowest BCUT2D eigenvalue weighted by atomic mass is 10.1. The molecule has 0 spiro atoms. The number of hydrogen-bond acceptors (Lipinski definition) is 5. The van der Waals surface area contributed by atoms with E-state index in [2.05, 4.69) is 9.73 Å². The predicted octanol–water partition coefficient (Wildman–Crippen LogP) is 2.97. The fraction of sp³-hybridized carbons (Fsp3) is 0.0952. The zero-order valence-corrected chi connectivity index (χ0v) is 15.5. The summed E-state index contributed by atoms with van der Waals surface area (Å²) in [5.41, 5.74) is 0.847. The van der Waals surface area contributed by atoms with Gasteiger partial charge in [0.25, 0.3) is 11.6 Å². The van der Waals surface area contributed by atoms with Gasteiger partial charge in [0.2, 0.25) is 0 Å². The number of carbonyl (C=O) groups is 2. The zero-order chi connectivity index (χ0) is 20.8. The van der Waals surface area contributed by atoms with Crippen molar-refractivity contribution in [3.8, 4) is 0 Å². The Morgan fingerprint density at radius 3 is 2.41 bits per heavy atom. The Bertz CT molecular complexity index is 1140. The van der Waals surface area contributed by atoms with E-state index in [0.29, 0.717) is 12.0 Å². The molecule has 0 bridgehead atoms. The molecule has 0 unspecified atom stereocenters. The Hall–Kier alpha value is -4.07. The average molecular weight is 391 g/mol. The van der Waals surface area contributed by atoms with E-state index < -0.39 is 22.5 Å². The number of nitrogens with zero attached hydrogens (tertiary/aromatic N) is 3. The standard InChI is InChI=1S/C21H17N3O5/c1-29-21(26)17-11-16(12-18(13-17)24(27)28)20(25)22-19-9-5-6-10-23(19)14-15-7-3-2-4-8-15/h2-13H,14H2,1H3. The molecule has 1 aromatic heterocycles. The summed E-state index contributed by atoms with van der Waals surface area (Å²) in [4.78, 5) is 39.1. The van der Waals surface area contributed by atoms with E-state index in [-0.39, 0.29) is 11.1 Å². The van der Waals surface area contributed by atoms with E-state index in [1.807, 2.05) is 36.4 Å². The van der Waals surface area contributed by atoms with Crippen molar-refractivity contribution in [1.82, 2.24) is 4.57 Å². The molecule has 3 aromatic rings. The molecule has 0 saturated heterocycles. The van der Waals surface area contributed by atoms with Gasteiger partial charge in [0.1, 0.15) is 5.49 Å². The summed E-state index contributed by atoms with van der Waals surface area (Å²) < 4.78 is 6.39. The molecule has 0 aliphatic heterocycles. The number of benzene rings is 2. The minimum Gasteiger partial charge on any atom is -0.465 e. The number of pyridine rings is 1. The molecule has 3 rings (SSSR count). The highest BCUT2D eigenvalue weighted by Crippen LogP contribution is 2.18. The molecule has 0 atom stereocenters. The van der Waals surface area contributed by atoms with E-state index in [1.165, 1.54) is 6.07 Å². The third-order valence-electron chi connectivity index (χ3n) is 4.13. The van der Waals surface area contributed by atoms with Gasteiger partial charge in [-0.25, -0.2) is 4.79 Å². The molecular weight excluding hydrogens is 374 g/mol. The number of rotatable bonds is 5. The van der Waals surface area contributed by atoms with Gasteiger partial charge >= 0.3 is 5.97 Å². The highest BCUT2D eigenvalue weighted by Gasteiger charge is 2.18. The number of nitro benzene ring substituents is 1. The topological polar surface area (TPSA) is 104 Å². The number of methoxy groups -OCH3 is 1. The quantitative estimate of drug-likeness (QED) is 0.378. The number of esters is 1. The van der Waals surface area contributed by atoms with Crippen LogP contribution in [0, 0.1) is 10.1 Å². The van der Waals surface area contributed by atoms with Gasteiger partial charge in [-0.1, -0.05) is 36.4 Å². The highest BCUT2D eigenvalue weighted by molar-refractivity contribution is 5.99. The summed E-state index contributed by atoms with van der Waals surface area (Å²) >= 11 is 0. The molecule has 1 heterocycles. The van der Waals surface area contributed by atoms with Gasteiger partial charge in [-0.2, -0.15) is 4.99 Å². The van der Waals surface area contributed by atoms with Crippen LogP contribution in [-0.2, 0) is 11.3 Å². The molecule has 146 valence electrons. The van der Waals surface area contributed by atoms with Crippen LogP contribution in [0.5, 0.6) is 0 Å². The van der Waals surface area contributed by atoms with Crippen LogP contribution in [-0.4, -0.2) is 28.5 Å². The van der Waals surface area contributed by atoms with Gasteiger partial charge in [-0.05, 0) is 23.8 Å². The lowest BCUT2D eigenvalue weighted by molar-refractivity contribution is -0.384. The maximum absolute atomic E-state index is 12.7. The van der Waals surface area contributed by atoms with Crippen LogP contribution in [0.4, 0.5) is 5.69 Å². The largest absolute Gasteiger partial charge is 0.465 e. The molecule has 0 saturated carbocycles. The number of ether oxygens (including phenoxy) is 1. The first-order chi connectivity index (χ1) is 14.0. The number of non-ortho nitro benzene ring substituents is 1. The Kier molecular flexibility index (Phi) is 5.94. The van der Waals surface area contributed by atoms with Crippen molar-refractivity contribution in [2.75, 3.05) is 7.11 Å². The van der Waals surface area contributed by atoms with E-state index in [4.69, 9.17) is 0 Å². The van der Waals surface area contributed by atoms with Crippen LogP contribution in [0.1, 0.15) is 26.3 Å². The molecule has 0 fully saturated rings. The molecule has 0 aliphatic carbocycles. The number of aromatic nitrogens is 1. The number of hydrogen-bond donors (Lipinski definition) is 0. The molecular formula is C21H17N3O5.